The highest BCUT2D eigenvalue weighted by Gasteiger charge is 2.40. The summed E-state index contributed by atoms with van der Waals surface area (Å²) in [6.07, 6.45) is 4.89. The quantitative estimate of drug-likeness (QED) is 0.823. The molecule has 6 nitrogen and oxygen atoms in total. The van der Waals surface area contributed by atoms with Crippen molar-refractivity contribution in [1.82, 2.24) is 4.72 Å². The third kappa shape index (κ3) is 3.51. The molecule has 0 aromatic carbocycles. The van der Waals surface area contributed by atoms with Crippen LogP contribution in [0.15, 0.2) is 15.7 Å². The van der Waals surface area contributed by atoms with Gasteiger partial charge in [0, 0.05) is 12.0 Å². The predicted molar refractivity (Wildman–Crippen MR) is 81.7 cm³/mol. The molecule has 2 heterocycles. The number of thiophene rings is 1. The second-order valence-electron chi connectivity index (χ2n) is 5.85. The molecule has 1 aromatic rings. The molecule has 0 amide bonds. The Labute approximate surface area is 133 Å². The maximum Gasteiger partial charge on any atom is 0.336 e. The minimum absolute atomic E-state index is 0.00210. The minimum Gasteiger partial charge on any atom is -0.478 e. The Hall–Kier alpha value is -0.960. The van der Waals surface area contributed by atoms with Crippen molar-refractivity contribution in [2.24, 2.45) is 5.92 Å². The van der Waals surface area contributed by atoms with Gasteiger partial charge >= 0.3 is 5.97 Å². The number of hydrogen-bond donors (Lipinski definition) is 2. The maximum atomic E-state index is 12.5. The van der Waals surface area contributed by atoms with Gasteiger partial charge in [-0.2, -0.15) is 0 Å². The lowest BCUT2D eigenvalue weighted by Gasteiger charge is -2.30. The monoisotopic (exact) mass is 345 g/mol. The number of aromatic carboxylic acids is 1. The number of carbonyl (C=O) groups is 1. The molecular weight excluding hydrogens is 326 g/mol. The lowest BCUT2D eigenvalue weighted by molar-refractivity contribution is -0.00735. The van der Waals surface area contributed by atoms with E-state index in [2.05, 4.69) is 4.72 Å². The van der Waals surface area contributed by atoms with Gasteiger partial charge in [0.2, 0.25) is 10.0 Å². The van der Waals surface area contributed by atoms with Crippen LogP contribution >= 0.6 is 11.3 Å². The van der Waals surface area contributed by atoms with Gasteiger partial charge in [-0.25, -0.2) is 17.9 Å². The third-order valence-electron chi connectivity index (χ3n) is 4.12. The molecule has 2 unspecified atom stereocenters. The van der Waals surface area contributed by atoms with Crippen LogP contribution in [0, 0.1) is 5.92 Å². The minimum atomic E-state index is -3.70. The van der Waals surface area contributed by atoms with Crippen molar-refractivity contribution >= 4 is 27.3 Å². The topological polar surface area (TPSA) is 92.7 Å². The molecule has 0 radical (unpaired) electrons. The average Bonchev–Trinajstić information content (AvgIpc) is 3.20. The zero-order chi connectivity index (χ0) is 15.7. The molecule has 1 aliphatic carbocycles. The van der Waals surface area contributed by atoms with Crippen LogP contribution in [0.2, 0.25) is 0 Å². The van der Waals surface area contributed by atoms with Gasteiger partial charge in [-0.05, 0) is 44.1 Å². The molecule has 8 heteroatoms. The van der Waals surface area contributed by atoms with E-state index in [1.807, 2.05) is 0 Å². The summed E-state index contributed by atoms with van der Waals surface area (Å²) in [7, 11) is -3.70. The van der Waals surface area contributed by atoms with Crippen molar-refractivity contribution in [3.63, 3.8) is 0 Å². The van der Waals surface area contributed by atoms with Crippen LogP contribution in [0.1, 0.15) is 42.5 Å². The van der Waals surface area contributed by atoms with Crippen molar-refractivity contribution in [2.75, 3.05) is 6.61 Å². The summed E-state index contributed by atoms with van der Waals surface area (Å²) in [5.41, 5.74) is 0.00210. The Bertz CT molecular complexity index is 644. The number of sulfonamides is 1. The first kappa shape index (κ1) is 15.9. The molecule has 1 saturated heterocycles. The number of ether oxygens (including phenoxy) is 1. The Morgan fingerprint density at radius 1 is 1.36 bits per heavy atom. The first-order valence-electron chi connectivity index (χ1n) is 7.43. The van der Waals surface area contributed by atoms with Gasteiger partial charge in [-0.1, -0.05) is 0 Å². The van der Waals surface area contributed by atoms with Crippen LogP contribution in [0.25, 0.3) is 0 Å². The van der Waals surface area contributed by atoms with E-state index in [1.54, 1.807) is 0 Å². The summed E-state index contributed by atoms with van der Waals surface area (Å²) in [5.74, 6) is -0.788. The highest BCUT2D eigenvalue weighted by atomic mass is 32.2. The highest BCUT2D eigenvalue weighted by molar-refractivity contribution is 7.91. The average molecular weight is 345 g/mol. The van der Waals surface area contributed by atoms with Gasteiger partial charge in [0.25, 0.3) is 0 Å². The second-order valence-corrected chi connectivity index (χ2v) is 8.70. The summed E-state index contributed by atoms with van der Waals surface area (Å²) in [4.78, 5) is 10.9. The van der Waals surface area contributed by atoms with Crippen LogP contribution in [-0.2, 0) is 14.8 Å². The fourth-order valence-electron chi connectivity index (χ4n) is 2.79. The molecule has 0 spiro atoms. The molecule has 2 N–H and O–H groups in total. The zero-order valence-corrected chi connectivity index (χ0v) is 13.7. The lowest BCUT2D eigenvalue weighted by Crippen LogP contribution is -2.46. The largest absolute Gasteiger partial charge is 0.478 e. The summed E-state index contributed by atoms with van der Waals surface area (Å²) in [6.45, 7) is 0.678. The maximum absolute atomic E-state index is 12.5. The first-order chi connectivity index (χ1) is 10.5. The van der Waals surface area contributed by atoms with Gasteiger partial charge in [-0.3, -0.25) is 0 Å². The fourth-order valence-corrected chi connectivity index (χ4v) is 5.29. The number of hydrogen-bond acceptors (Lipinski definition) is 5. The predicted octanol–water partition coefficient (Wildman–Crippen LogP) is 2.07. The van der Waals surface area contributed by atoms with Crippen molar-refractivity contribution in [3.8, 4) is 0 Å². The number of nitrogens with one attached hydrogen (secondary N) is 1. The molecule has 2 aliphatic rings. The normalized spacial score (nSPS) is 24.1. The van der Waals surface area contributed by atoms with Gasteiger partial charge in [-0.15, -0.1) is 11.3 Å². The van der Waals surface area contributed by atoms with E-state index in [4.69, 9.17) is 9.84 Å². The molecule has 2 atom stereocenters. The number of carboxylic acid groups (broad SMARTS) is 1. The molecular formula is C14H19NO5S2. The Morgan fingerprint density at radius 3 is 2.68 bits per heavy atom. The molecule has 2 fully saturated rings. The SMILES string of the molecule is O=C(O)c1csc(S(=O)(=O)NC(C2CC2)C2CCCCO2)c1. The molecule has 1 aliphatic heterocycles. The molecule has 3 rings (SSSR count). The highest BCUT2D eigenvalue weighted by Crippen LogP contribution is 2.37. The van der Waals surface area contributed by atoms with E-state index in [1.165, 1.54) is 11.4 Å². The van der Waals surface area contributed by atoms with Crippen LogP contribution in [0.3, 0.4) is 0 Å². The van der Waals surface area contributed by atoms with E-state index in [-0.39, 0.29) is 21.9 Å². The molecule has 122 valence electrons. The van der Waals surface area contributed by atoms with E-state index in [0.29, 0.717) is 12.5 Å². The van der Waals surface area contributed by atoms with Gasteiger partial charge in [0.15, 0.2) is 0 Å². The second kappa shape index (κ2) is 6.27. The third-order valence-corrected chi connectivity index (χ3v) is 7.02. The van der Waals surface area contributed by atoms with E-state index < -0.39 is 16.0 Å². The van der Waals surface area contributed by atoms with Crippen molar-refractivity contribution in [2.45, 2.75) is 48.5 Å². The van der Waals surface area contributed by atoms with E-state index in [0.717, 1.165) is 43.4 Å². The fraction of sp³-hybridized carbons (Fsp3) is 0.643. The standard InChI is InChI=1S/C14H19NO5S2/c16-14(17)10-7-12(21-8-10)22(18,19)15-13(9-4-5-9)11-3-1-2-6-20-11/h7-9,11,13,15H,1-6H2,(H,16,17). The van der Waals surface area contributed by atoms with Crippen LogP contribution in [0.4, 0.5) is 0 Å². The number of carboxylic acids is 1. The summed E-state index contributed by atoms with van der Waals surface area (Å²) in [6, 6.07) is 1.00. The zero-order valence-electron chi connectivity index (χ0n) is 12.0. The van der Waals surface area contributed by atoms with E-state index >= 15 is 0 Å². The summed E-state index contributed by atoms with van der Waals surface area (Å²) >= 11 is 0.933. The Balaban J connectivity index is 1.76. The Morgan fingerprint density at radius 2 is 2.14 bits per heavy atom. The molecule has 0 bridgehead atoms. The van der Waals surface area contributed by atoms with Crippen LogP contribution < -0.4 is 4.72 Å². The van der Waals surface area contributed by atoms with Gasteiger partial charge in [0.1, 0.15) is 4.21 Å². The van der Waals surface area contributed by atoms with Crippen LogP contribution in [0.5, 0.6) is 0 Å². The first-order valence-corrected chi connectivity index (χ1v) is 9.79. The van der Waals surface area contributed by atoms with Crippen molar-refractivity contribution in [1.29, 1.82) is 0 Å². The molecule has 1 saturated carbocycles. The Kier molecular flexibility index (Phi) is 4.54. The van der Waals surface area contributed by atoms with Crippen LogP contribution in [-0.4, -0.2) is 38.2 Å². The van der Waals surface area contributed by atoms with Gasteiger partial charge < -0.3 is 9.84 Å². The van der Waals surface area contributed by atoms with E-state index in [9.17, 15) is 13.2 Å². The smallest absolute Gasteiger partial charge is 0.336 e. The molecule has 1 aromatic heterocycles. The summed E-state index contributed by atoms with van der Waals surface area (Å²) in [5, 5.41) is 10.3. The number of rotatable bonds is 6. The van der Waals surface area contributed by atoms with Crippen molar-refractivity contribution < 1.29 is 23.1 Å². The molecule has 22 heavy (non-hydrogen) atoms. The van der Waals surface area contributed by atoms with Crippen molar-refractivity contribution in [3.05, 3.63) is 17.0 Å². The lowest BCUT2D eigenvalue weighted by atomic mass is 9.99. The van der Waals surface area contributed by atoms with Gasteiger partial charge in [0.05, 0.1) is 17.7 Å². The summed E-state index contributed by atoms with van der Waals surface area (Å²) < 4.78 is 33.6.